The van der Waals surface area contributed by atoms with Gasteiger partial charge in [0, 0.05) is 45.2 Å². The summed E-state index contributed by atoms with van der Waals surface area (Å²) in [6, 6.07) is 0. The van der Waals surface area contributed by atoms with Gasteiger partial charge in [-0.3, -0.25) is 4.79 Å². The summed E-state index contributed by atoms with van der Waals surface area (Å²) in [5.41, 5.74) is 3.90. The Bertz CT molecular complexity index is 779. The van der Waals surface area contributed by atoms with Crippen LogP contribution in [0.15, 0.2) is 4.52 Å². The SMILES string of the molecule is CC(=O)N1CCc2c(nc(N(C)C)nc2NCc2c(C)noc2C)C1. The molecule has 0 saturated heterocycles. The van der Waals surface area contributed by atoms with E-state index in [1.54, 1.807) is 6.92 Å². The second kappa shape index (κ2) is 6.70. The third-order valence-electron chi connectivity index (χ3n) is 4.51. The first-order valence-corrected chi connectivity index (χ1v) is 8.35. The molecule has 8 heteroatoms. The summed E-state index contributed by atoms with van der Waals surface area (Å²) in [4.78, 5) is 24.7. The monoisotopic (exact) mass is 344 g/mol. The number of fused-ring (bicyclic) bond motifs is 1. The summed E-state index contributed by atoms with van der Waals surface area (Å²) < 4.78 is 5.22. The van der Waals surface area contributed by atoms with Gasteiger partial charge in [0.25, 0.3) is 0 Å². The zero-order valence-electron chi connectivity index (χ0n) is 15.4. The van der Waals surface area contributed by atoms with E-state index in [1.807, 2.05) is 37.7 Å². The van der Waals surface area contributed by atoms with E-state index >= 15 is 0 Å². The Labute approximate surface area is 147 Å². The highest BCUT2D eigenvalue weighted by Crippen LogP contribution is 2.26. The molecular formula is C17H24N6O2. The van der Waals surface area contributed by atoms with Crippen molar-refractivity contribution >= 4 is 17.7 Å². The maximum Gasteiger partial charge on any atom is 0.227 e. The fraction of sp³-hybridized carbons (Fsp3) is 0.529. The molecule has 0 aliphatic carbocycles. The highest BCUT2D eigenvalue weighted by atomic mass is 16.5. The molecule has 0 bridgehead atoms. The number of hydrogen-bond donors (Lipinski definition) is 1. The summed E-state index contributed by atoms with van der Waals surface area (Å²) in [7, 11) is 3.82. The predicted molar refractivity (Wildman–Crippen MR) is 94.5 cm³/mol. The first-order chi connectivity index (χ1) is 11.9. The van der Waals surface area contributed by atoms with Gasteiger partial charge in [0.2, 0.25) is 11.9 Å². The van der Waals surface area contributed by atoms with Crippen LogP contribution < -0.4 is 10.2 Å². The van der Waals surface area contributed by atoms with Crippen molar-refractivity contribution in [3.8, 4) is 0 Å². The molecular weight excluding hydrogens is 320 g/mol. The number of nitrogens with zero attached hydrogens (tertiary/aromatic N) is 5. The fourth-order valence-electron chi connectivity index (χ4n) is 2.96. The molecule has 1 N–H and O–H groups in total. The van der Waals surface area contributed by atoms with Crippen LogP contribution in [0.1, 0.15) is 35.2 Å². The Morgan fingerprint density at radius 2 is 2.08 bits per heavy atom. The summed E-state index contributed by atoms with van der Waals surface area (Å²) >= 11 is 0. The van der Waals surface area contributed by atoms with Crippen LogP contribution in [0.4, 0.5) is 11.8 Å². The van der Waals surface area contributed by atoms with Crippen molar-refractivity contribution in [1.29, 1.82) is 0 Å². The Hall–Kier alpha value is -2.64. The third-order valence-corrected chi connectivity index (χ3v) is 4.51. The van der Waals surface area contributed by atoms with Gasteiger partial charge in [0.05, 0.1) is 17.9 Å². The molecule has 3 rings (SSSR count). The summed E-state index contributed by atoms with van der Waals surface area (Å²) in [6.45, 7) is 7.23. The molecule has 3 heterocycles. The topological polar surface area (TPSA) is 87.4 Å². The minimum atomic E-state index is 0.0703. The van der Waals surface area contributed by atoms with Gasteiger partial charge in [0.1, 0.15) is 11.6 Å². The van der Waals surface area contributed by atoms with Crippen LogP contribution in [0, 0.1) is 13.8 Å². The lowest BCUT2D eigenvalue weighted by Crippen LogP contribution is -2.35. The molecule has 0 spiro atoms. The van der Waals surface area contributed by atoms with Crippen molar-refractivity contribution in [2.24, 2.45) is 0 Å². The van der Waals surface area contributed by atoms with Crippen LogP contribution in [-0.4, -0.2) is 46.6 Å². The lowest BCUT2D eigenvalue weighted by Gasteiger charge is -2.29. The van der Waals surface area contributed by atoms with Gasteiger partial charge in [-0.2, -0.15) is 4.98 Å². The third kappa shape index (κ3) is 3.42. The van der Waals surface area contributed by atoms with Crippen LogP contribution in [0.2, 0.25) is 0 Å². The van der Waals surface area contributed by atoms with Gasteiger partial charge in [-0.05, 0) is 20.3 Å². The summed E-state index contributed by atoms with van der Waals surface area (Å²) in [6.07, 6.45) is 0.743. The number of hydrogen-bond acceptors (Lipinski definition) is 7. The number of amides is 1. The van der Waals surface area contributed by atoms with Crippen molar-refractivity contribution in [2.45, 2.75) is 40.3 Å². The number of rotatable bonds is 4. The molecule has 0 radical (unpaired) electrons. The van der Waals surface area contributed by atoms with Gasteiger partial charge < -0.3 is 19.6 Å². The van der Waals surface area contributed by atoms with Gasteiger partial charge >= 0.3 is 0 Å². The van der Waals surface area contributed by atoms with E-state index in [0.717, 1.165) is 40.5 Å². The largest absolute Gasteiger partial charge is 0.365 e. The summed E-state index contributed by atoms with van der Waals surface area (Å²) in [5, 5.41) is 7.41. The first kappa shape index (κ1) is 17.2. The molecule has 1 amide bonds. The summed E-state index contributed by atoms with van der Waals surface area (Å²) in [5.74, 6) is 2.33. The van der Waals surface area contributed by atoms with Crippen molar-refractivity contribution in [1.82, 2.24) is 20.0 Å². The highest BCUT2D eigenvalue weighted by molar-refractivity contribution is 5.73. The number of nitrogens with one attached hydrogen (secondary N) is 1. The minimum Gasteiger partial charge on any atom is -0.365 e. The van der Waals surface area contributed by atoms with Crippen molar-refractivity contribution in [3.05, 3.63) is 28.3 Å². The Balaban J connectivity index is 1.91. The predicted octanol–water partition coefficient (Wildman–Crippen LogP) is 1.66. The van der Waals surface area contributed by atoms with E-state index in [4.69, 9.17) is 4.52 Å². The quantitative estimate of drug-likeness (QED) is 0.902. The van der Waals surface area contributed by atoms with E-state index in [-0.39, 0.29) is 5.91 Å². The molecule has 1 aliphatic rings. The number of carbonyl (C=O) groups is 1. The number of aromatic nitrogens is 3. The maximum atomic E-state index is 11.7. The minimum absolute atomic E-state index is 0.0703. The van der Waals surface area contributed by atoms with Crippen molar-refractivity contribution < 1.29 is 9.32 Å². The molecule has 25 heavy (non-hydrogen) atoms. The highest BCUT2D eigenvalue weighted by Gasteiger charge is 2.24. The Morgan fingerprint density at radius 3 is 2.68 bits per heavy atom. The number of carbonyl (C=O) groups excluding carboxylic acids is 1. The van der Waals surface area contributed by atoms with Crippen molar-refractivity contribution in [3.63, 3.8) is 0 Å². The zero-order chi connectivity index (χ0) is 18.1. The second-order valence-corrected chi connectivity index (χ2v) is 6.54. The zero-order valence-corrected chi connectivity index (χ0v) is 15.4. The van der Waals surface area contributed by atoms with Gasteiger partial charge in [-0.15, -0.1) is 0 Å². The molecule has 0 fully saturated rings. The average Bonchev–Trinajstić information content (AvgIpc) is 2.90. The van der Waals surface area contributed by atoms with E-state index < -0.39 is 0 Å². The van der Waals surface area contributed by atoms with E-state index in [9.17, 15) is 4.79 Å². The maximum absolute atomic E-state index is 11.7. The number of aryl methyl sites for hydroxylation is 2. The molecule has 0 unspecified atom stereocenters. The van der Waals surface area contributed by atoms with E-state index in [1.165, 1.54) is 0 Å². The normalized spacial score (nSPS) is 13.6. The Kier molecular flexibility index (Phi) is 4.61. The molecule has 2 aromatic rings. The molecule has 0 saturated carbocycles. The van der Waals surface area contributed by atoms with Crippen LogP contribution >= 0.6 is 0 Å². The van der Waals surface area contributed by atoms with Crippen molar-refractivity contribution in [2.75, 3.05) is 30.9 Å². The molecule has 2 aromatic heterocycles. The molecule has 1 aliphatic heterocycles. The molecule has 134 valence electrons. The van der Waals surface area contributed by atoms with Crippen LogP contribution in [0.3, 0.4) is 0 Å². The van der Waals surface area contributed by atoms with Gasteiger partial charge in [-0.1, -0.05) is 5.16 Å². The van der Waals surface area contributed by atoms with E-state index in [0.29, 0.717) is 25.6 Å². The fourth-order valence-corrected chi connectivity index (χ4v) is 2.96. The van der Waals surface area contributed by atoms with E-state index in [2.05, 4.69) is 20.4 Å². The second-order valence-electron chi connectivity index (χ2n) is 6.54. The van der Waals surface area contributed by atoms with Crippen LogP contribution in [0.5, 0.6) is 0 Å². The number of anilines is 2. The van der Waals surface area contributed by atoms with Gasteiger partial charge in [0.15, 0.2) is 0 Å². The lowest BCUT2D eigenvalue weighted by molar-refractivity contribution is -0.129. The smallest absolute Gasteiger partial charge is 0.227 e. The standard InChI is InChI=1S/C17H24N6O2/c1-10-14(11(2)25-21-10)8-18-16-13-6-7-23(12(3)24)9-15(13)19-17(20-16)22(4)5/h6-9H2,1-5H3,(H,18,19,20). The first-order valence-electron chi connectivity index (χ1n) is 8.35. The van der Waals surface area contributed by atoms with Crippen LogP contribution in [-0.2, 0) is 24.3 Å². The Morgan fingerprint density at radius 1 is 1.32 bits per heavy atom. The average molecular weight is 344 g/mol. The van der Waals surface area contributed by atoms with Crippen LogP contribution in [0.25, 0.3) is 0 Å². The molecule has 0 atom stereocenters. The molecule has 0 aromatic carbocycles. The lowest BCUT2D eigenvalue weighted by atomic mass is 10.1. The molecule has 8 nitrogen and oxygen atoms in total. The van der Waals surface area contributed by atoms with Gasteiger partial charge in [-0.25, -0.2) is 4.98 Å².